The molecular formula is C65H65Br3N12O5. The smallest absolute Gasteiger partial charge is 0.420 e. The highest BCUT2D eigenvalue weighted by Gasteiger charge is 2.32. The maximum absolute atomic E-state index is 13.1. The number of amides is 1. The van der Waals surface area contributed by atoms with Crippen LogP contribution >= 0.6 is 47.8 Å². The molecule has 85 heavy (non-hydrogen) atoms. The molecule has 4 aromatic carbocycles. The van der Waals surface area contributed by atoms with E-state index in [2.05, 4.69) is 93.0 Å². The molecule has 17 nitrogen and oxygen atoms in total. The third-order valence-electron chi connectivity index (χ3n) is 14.1. The molecule has 12 rings (SSSR count). The van der Waals surface area contributed by atoms with Crippen molar-refractivity contribution in [3.63, 3.8) is 0 Å². The van der Waals surface area contributed by atoms with Crippen LogP contribution in [0, 0.1) is 11.8 Å². The second kappa shape index (κ2) is 28.5. The largest absolute Gasteiger partial charge is 0.453 e. The average molecular weight is 1330 g/mol. The Balaban J connectivity index is 0.000000149. The lowest BCUT2D eigenvalue weighted by molar-refractivity contribution is -0.126. The molecule has 0 spiro atoms. The average Bonchev–Trinajstić information content (AvgIpc) is 4.33. The summed E-state index contributed by atoms with van der Waals surface area (Å²) >= 11 is 10.2. The SMILES string of the molecule is Brc1ccc2nc(Cc3ccncc3)[nH]c2c1.CC(C)(C)OC(=O)n1c(Cc2ccncc2)nc2cc(Br)ccc21.CNC(=O)[C@@H](CC(=O)c1ccc(-c2ccc3nc(Cc4ccncc4)[nH]c3c2)o1)C1CCCCC1.Nc1ccc(Br)cc1N. The minimum atomic E-state index is -0.572. The molecule has 1 aliphatic rings. The van der Waals surface area contributed by atoms with Crippen molar-refractivity contribution in [2.75, 3.05) is 18.5 Å². The fourth-order valence-electron chi connectivity index (χ4n) is 9.91. The molecule has 436 valence electrons. The lowest BCUT2D eigenvalue weighted by atomic mass is 9.77. The van der Waals surface area contributed by atoms with Gasteiger partial charge in [0.05, 0.1) is 44.5 Å². The number of imidazole rings is 3. The van der Waals surface area contributed by atoms with E-state index in [4.69, 9.17) is 20.6 Å². The minimum Gasteiger partial charge on any atom is -0.453 e. The number of carbonyl (C=O) groups excluding carboxylic acids is 3. The number of halogens is 3. The number of nitrogen functional groups attached to an aromatic ring is 2. The number of ether oxygens (including phenoxy) is 1. The number of anilines is 2. The first-order valence-electron chi connectivity index (χ1n) is 27.8. The van der Waals surface area contributed by atoms with Gasteiger partial charge in [-0.15, -0.1) is 0 Å². The lowest BCUT2D eigenvalue weighted by Gasteiger charge is -2.28. The Bertz CT molecular complexity index is 4040. The van der Waals surface area contributed by atoms with Gasteiger partial charge in [0.15, 0.2) is 11.5 Å². The molecule has 1 fully saturated rings. The van der Waals surface area contributed by atoms with Crippen molar-refractivity contribution < 1.29 is 23.5 Å². The number of ketones is 1. The molecule has 0 radical (unpaired) electrons. The molecule has 1 saturated carbocycles. The van der Waals surface area contributed by atoms with Gasteiger partial charge in [-0.25, -0.2) is 24.3 Å². The number of rotatable bonds is 12. The van der Waals surface area contributed by atoms with E-state index in [-0.39, 0.29) is 29.9 Å². The van der Waals surface area contributed by atoms with E-state index in [1.54, 1.807) is 67.0 Å². The second-order valence-corrected chi connectivity index (χ2v) is 24.3. The molecule has 20 heteroatoms. The minimum absolute atomic E-state index is 0.0516. The first-order valence-corrected chi connectivity index (χ1v) is 30.2. The molecule has 0 saturated heterocycles. The predicted octanol–water partition coefficient (Wildman–Crippen LogP) is 14.8. The summed E-state index contributed by atoms with van der Waals surface area (Å²) in [6, 6.07) is 38.3. The first kappa shape index (κ1) is 61.2. The van der Waals surface area contributed by atoms with Crippen molar-refractivity contribution in [2.45, 2.75) is 84.2 Å². The Morgan fingerprint density at radius 1 is 0.635 bits per heavy atom. The van der Waals surface area contributed by atoms with Crippen molar-refractivity contribution in [1.29, 1.82) is 0 Å². The number of nitrogens with zero attached hydrogens (tertiary/aromatic N) is 7. The number of hydrogen-bond acceptors (Lipinski definition) is 13. The number of furan rings is 1. The summed E-state index contributed by atoms with van der Waals surface area (Å²) in [7, 11) is 1.64. The van der Waals surface area contributed by atoms with Gasteiger partial charge >= 0.3 is 6.09 Å². The number of hydrogen-bond donors (Lipinski definition) is 5. The van der Waals surface area contributed by atoms with Crippen LogP contribution < -0.4 is 16.8 Å². The maximum atomic E-state index is 13.1. The molecule has 7 heterocycles. The Morgan fingerprint density at radius 2 is 1.18 bits per heavy atom. The van der Waals surface area contributed by atoms with E-state index in [9.17, 15) is 14.4 Å². The van der Waals surface area contributed by atoms with Crippen LogP contribution in [0.3, 0.4) is 0 Å². The number of benzene rings is 4. The highest BCUT2D eigenvalue weighted by atomic mass is 79.9. The highest BCUT2D eigenvalue weighted by molar-refractivity contribution is 9.11. The van der Waals surface area contributed by atoms with E-state index in [1.165, 1.54) is 12.0 Å². The third-order valence-corrected chi connectivity index (χ3v) is 15.5. The monoisotopic (exact) mass is 1330 g/mol. The van der Waals surface area contributed by atoms with Crippen LogP contribution in [-0.4, -0.2) is 74.9 Å². The van der Waals surface area contributed by atoms with Crippen LogP contribution in [0.1, 0.15) is 104 Å². The van der Waals surface area contributed by atoms with Gasteiger partial charge in [0.1, 0.15) is 28.8 Å². The van der Waals surface area contributed by atoms with Crippen molar-refractivity contribution >= 4 is 110 Å². The van der Waals surface area contributed by atoms with Crippen LogP contribution in [0.2, 0.25) is 0 Å². The standard InChI is InChI=1S/C28H30N4O3.C18H18BrN3O2.C13H10BrN3.C6H7BrN2/c1-29-28(34)21(19-5-3-2-4-6-19)17-24(33)26-10-9-25(35-26)20-7-8-22-23(16-20)32-27(31-22)15-18-11-13-30-14-12-18;1-18(2,3)24-17(23)22-15-5-4-13(19)11-14(15)21-16(22)10-12-6-8-20-9-7-12;14-10-1-2-11-12(8-10)17-13(16-11)7-9-3-5-15-6-4-9;7-4-1-2-5(8)6(9)3-4/h7-14,16,19,21H,2-6,15,17H2,1H3,(H,29,34)(H,31,32);4-9,11H,10H2,1-3H3;1-6,8H,7H2,(H,16,17);1-3H,8-9H2/t21-;;;/m0.../s1. The van der Waals surface area contributed by atoms with Gasteiger partial charge in [-0.2, -0.15) is 0 Å². The number of H-pyrrole nitrogens is 2. The van der Waals surface area contributed by atoms with E-state index >= 15 is 0 Å². The molecule has 7 N–H and O–H groups in total. The topological polar surface area (TPSA) is 252 Å². The Hall–Kier alpha value is -8.33. The van der Waals surface area contributed by atoms with E-state index in [0.717, 1.165) is 107 Å². The van der Waals surface area contributed by atoms with Crippen LogP contribution in [0.5, 0.6) is 0 Å². The predicted molar refractivity (Wildman–Crippen MR) is 344 cm³/mol. The number of aromatic nitrogens is 9. The molecule has 7 aromatic heterocycles. The van der Waals surface area contributed by atoms with Gasteiger partial charge in [-0.3, -0.25) is 24.5 Å². The van der Waals surface area contributed by atoms with Gasteiger partial charge in [0.25, 0.3) is 0 Å². The fraction of sp³-hybridized carbons (Fsp3) is 0.246. The van der Waals surface area contributed by atoms with Gasteiger partial charge in [0, 0.05) is 94.8 Å². The lowest BCUT2D eigenvalue weighted by Crippen LogP contribution is -2.35. The van der Waals surface area contributed by atoms with Crippen molar-refractivity contribution in [1.82, 2.24) is 49.8 Å². The number of pyridine rings is 3. The van der Waals surface area contributed by atoms with Gasteiger partial charge in [0.2, 0.25) is 5.91 Å². The van der Waals surface area contributed by atoms with E-state index in [1.807, 2.05) is 124 Å². The zero-order valence-corrected chi connectivity index (χ0v) is 52.2. The second-order valence-electron chi connectivity index (χ2n) is 21.5. The zero-order valence-electron chi connectivity index (χ0n) is 47.5. The molecule has 1 aliphatic carbocycles. The third kappa shape index (κ3) is 16.9. The summed E-state index contributed by atoms with van der Waals surface area (Å²) in [5.41, 5.74) is 21.1. The molecule has 1 amide bonds. The Morgan fingerprint density at radius 3 is 1.75 bits per heavy atom. The fourth-order valence-corrected chi connectivity index (χ4v) is 11.0. The molecule has 0 bridgehead atoms. The number of aromatic amines is 2. The van der Waals surface area contributed by atoms with Crippen LogP contribution in [0.15, 0.2) is 176 Å². The van der Waals surface area contributed by atoms with Crippen LogP contribution in [0.25, 0.3) is 44.4 Å². The zero-order chi connectivity index (χ0) is 60.0. The summed E-state index contributed by atoms with van der Waals surface area (Å²) in [6.07, 6.45) is 17.8. The summed E-state index contributed by atoms with van der Waals surface area (Å²) in [5.74, 6) is 3.19. The van der Waals surface area contributed by atoms with Gasteiger partial charge in [-0.1, -0.05) is 67.1 Å². The molecule has 11 aromatic rings. The van der Waals surface area contributed by atoms with Crippen molar-refractivity contribution in [3.05, 3.63) is 212 Å². The van der Waals surface area contributed by atoms with Gasteiger partial charge in [-0.05, 0) is 178 Å². The number of nitrogens with one attached hydrogen (secondary N) is 3. The van der Waals surface area contributed by atoms with E-state index in [0.29, 0.717) is 41.6 Å². The highest BCUT2D eigenvalue weighted by Crippen LogP contribution is 2.34. The number of fused-ring (bicyclic) bond motifs is 3. The number of carbonyl (C=O) groups is 3. The summed E-state index contributed by atoms with van der Waals surface area (Å²) in [5, 5.41) is 2.75. The summed E-state index contributed by atoms with van der Waals surface area (Å²) in [6.45, 7) is 5.55. The van der Waals surface area contributed by atoms with E-state index < -0.39 is 11.7 Å². The quantitative estimate of drug-likeness (QED) is 0.0564. The summed E-state index contributed by atoms with van der Waals surface area (Å²) < 4.78 is 16.0. The summed E-state index contributed by atoms with van der Waals surface area (Å²) in [4.78, 5) is 71.0. The molecular weight excluding hydrogens is 1270 g/mol. The van der Waals surface area contributed by atoms with Crippen LogP contribution in [0.4, 0.5) is 16.2 Å². The Kier molecular flexibility index (Phi) is 20.5. The van der Waals surface area contributed by atoms with Gasteiger partial charge < -0.3 is 35.9 Å². The maximum Gasteiger partial charge on any atom is 0.420 e. The number of Topliss-reactive ketones (excluding diaryl/α,β-unsaturated/α-hetero) is 1. The first-order chi connectivity index (χ1) is 40.9. The normalized spacial score (nSPS) is 12.7. The number of nitrogens with two attached hydrogens (primary N) is 2. The Labute approximate surface area is 517 Å². The molecule has 0 aliphatic heterocycles. The van der Waals surface area contributed by atoms with Crippen molar-refractivity contribution in [3.8, 4) is 11.3 Å². The van der Waals surface area contributed by atoms with Crippen LogP contribution in [-0.2, 0) is 28.8 Å². The molecule has 0 unspecified atom stereocenters. The van der Waals surface area contributed by atoms with Crippen molar-refractivity contribution in [2.24, 2.45) is 11.8 Å². The molecule has 1 atom stereocenters.